The Labute approximate surface area is 340 Å². The molecule has 0 saturated heterocycles. The second-order valence-electron chi connectivity index (χ2n) is 15.6. The molecule has 0 rings (SSSR count). The minimum atomic E-state index is -0.790. The molecule has 0 aliphatic rings. The number of rotatable bonds is 42. The van der Waals surface area contributed by atoms with Gasteiger partial charge >= 0.3 is 17.9 Å². The lowest BCUT2D eigenvalue weighted by molar-refractivity contribution is -0.167. The van der Waals surface area contributed by atoms with Crippen LogP contribution in [0.1, 0.15) is 239 Å². The number of hydrogen-bond donors (Lipinski definition) is 0. The molecule has 0 fully saturated rings. The van der Waals surface area contributed by atoms with E-state index in [0.29, 0.717) is 19.3 Å². The zero-order valence-electron chi connectivity index (χ0n) is 36.4. The molecule has 0 N–H and O–H groups in total. The summed E-state index contributed by atoms with van der Waals surface area (Å²) in [5.41, 5.74) is 0. The minimum absolute atomic E-state index is 0.0888. The summed E-state index contributed by atoms with van der Waals surface area (Å²) in [5.74, 6) is -0.941. The normalized spacial score (nSPS) is 12.3. The van der Waals surface area contributed by atoms with E-state index in [9.17, 15) is 14.4 Å². The maximum Gasteiger partial charge on any atom is 0.306 e. The first-order chi connectivity index (χ1) is 27.0. The van der Waals surface area contributed by atoms with E-state index in [0.717, 1.165) is 64.2 Å². The zero-order chi connectivity index (χ0) is 40.1. The third-order valence-electron chi connectivity index (χ3n) is 10.2. The lowest BCUT2D eigenvalue weighted by Crippen LogP contribution is -2.30. The molecule has 320 valence electrons. The van der Waals surface area contributed by atoms with Gasteiger partial charge in [0.15, 0.2) is 6.10 Å². The molecule has 0 bridgehead atoms. The van der Waals surface area contributed by atoms with Gasteiger partial charge in [0.25, 0.3) is 0 Å². The number of allylic oxidation sites excluding steroid dienone is 6. The fourth-order valence-corrected chi connectivity index (χ4v) is 6.64. The predicted molar refractivity (Wildman–Crippen MR) is 233 cm³/mol. The predicted octanol–water partition coefficient (Wildman–Crippen LogP) is 15.0. The number of hydrogen-bond acceptors (Lipinski definition) is 6. The molecule has 0 radical (unpaired) electrons. The average molecular weight is 773 g/mol. The van der Waals surface area contributed by atoms with Crippen molar-refractivity contribution in [3.05, 3.63) is 36.5 Å². The maximum absolute atomic E-state index is 12.7. The van der Waals surface area contributed by atoms with Crippen molar-refractivity contribution in [3.8, 4) is 0 Å². The van der Waals surface area contributed by atoms with Gasteiger partial charge in [0.2, 0.25) is 0 Å². The highest BCUT2D eigenvalue weighted by molar-refractivity contribution is 5.71. The van der Waals surface area contributed by atoms with E-state index in [1.54, 1.807) is 0 Å². The van der Waals surface area contributed by atoms with E-state index in [4.69, 9.17) is 14.2 Å². The van der Waals surface area contributed by atoms with Crippen LogP contribution in [0.3, 0.4) is 0 Å². The van der Waals surface area contributed by atoms with Crippen molar-refractivity contribution < 1.29 is 28.6 Å². The first-order valence-corrected chi connectivity index (χ1v) is 23.5. The molecular weight excluding hydrogens is 685 g/mol. The molecule has 0 aliphatic heterocycles. The second-order valence-corrected chi connectivity index (χ2v) is 15.6. The fraction of sp³-hybridized carbons (Fsp3) is 0.816. The summed E-state index contributed by atoms with van der Waals surface area (Å²) in [4.78, 5) is 37.7. The quantitative estimate of drug-likeness (QED) is 0.0266. The number of ether oxygens (including phenoxy) is 3. The van der Waals surface area contributed by atoms with Gasteiger partial charge in [-0.25, -0.2) is 0 Å². The Morgan fingerprint density at radius 2 is 0.709 bits per heavy atom. The Hall–Kier alpha value is -2.37. The highest BCUT2D eigenvalue weighted by atomic mass is 16.6. The standard InChI is InChI=1S/C49H88O6/c1-4-7-10-13-16-19-21-22-23-24-25-26-28-30-33-36-39-42-48(51)54-45-46(44-53-47(50)41-38-35-32-29-18-15-12-9-6-3)55-49(52)43-40-37-34-31-27-20-17-14-11-8-5-2/h8,11,17,20,31,34,46H,4-7,9-10,12-16,18-19,21-30,32-33,35-45H2,1-3H3/b11-8-,20-17-,34-31-. The molecular formula is C49H88O6. The van der Waals surface area contributed by atoms with Gasteiger partial charge in [-0.05, 0) is 44.9 Å². The van der Waals surface area contributed by atoms with Gasteiger partial charge < -0.3 is 14.2 Å². The molecule has 1 atom stereocenters. The minimum Gasteiger partial charge on any atom is -0.462 e. The van der Waals surface area contributed by atoms with Crippen LogP contribution in [0.2, 0.25) is 0 Å². The highest BCUT2D eigenvalue weighted by Crippen LogP contribution is 2.15. The molecule has 6 heteroatoms. The average Bonchev–Trinajstić information content (AvgIpc) is 3.18. The third kappa shape index (κ3) is 42.6. The summed E-state index contributed by atoms with van der Waals surface area (Å²) in [6.45, 7) is 6.46. The van der Waals surface area contributed by atoms with Crippen molar-refractivity contribution in [1.82, 2.24) is 0 Å². The molecule has 0 spiro atoms. The Bertz CT molecular complexity index is 938. The smallest absolute Gasteiger partial charge is 0.306 e. The van der Waals surface area contributed by atoms with Crippen molar-refractivity contribution >= 4 is 17.9 Å². The van der Waals surface area contributed by atoms with Gasteiger partial charge in [0.1, 0.15) is 13.2 Å². The van der Waals surface area contributed by atoms with Crippen LogP contribution >= 0.6 is 0 Å². The van der Waals surface area contributed by atoms with E-state index in [2.05, 4.69) is 57.2 Å². The Morgan fingerprint density at radius 1 is 0.382 bits per heavy atom. The molecule has 0 aromatic rings. The molecule has 0 amide bonds. The zero-order valence-corrected chi connectivity index (χ0v) is 36.4. The van der Waals surface area contributed by atoms with Crippen LogP contribution in [0.25, 0.3) is 0 Å². The molecule has 0 heterocycles. The van der Waals surface area contributed by atoms with Crippen molar-refractivity contribution in [2.24, 2.45) is 0 Å². The topological polar surface area (TPSA) is 78.9 Å². The Balaban J connectivity index is 4.32. The summed E-state index contributed by atoms with van der Waals surface area (Å²) >= 11 is 0. The maximum atomic E-state index is 12.7. The van der Waals surface area contributed by atoms with Crippen molar-refractivity contribution in [2.75, 3.05) is 13.2 Å². The summed E-state index contributed by atoms with van der Waals surface area (Å²) in [7, 11) is 0. The van der Waals surface area contributed by atoms with E-state index in [1.807, 2.05) is 0 Å². The fourth-order valence-electron chi connectivity index (χ4n) is 6.64. The molecule has 0 aliphatic carbocycles. The van der Waals surface area contributed by atoms with Gasteiger partial charge in [-0.15, -0.1) is 0 Å². The van der Waals surface area contributed by atoms with Gasteiger partial charge in [0.05, 0.1) is 0 Å². The number of esters is 3. The summed E-state index contributed by atoms with van der Waals surface area (Å²) < 4.78 is 16.6. The molecule has 0 aromatic heterocycles. The Morgan fingerprint density at radius 3 is 1.09 bits per heavy atom. The lowest BCUT2D eigenvalue weighted by Gasteiger charge is -2.18. The summed E-state index contributed by atoms with van der Waals surface area (Å²) in [6.07, 6.45) is 50.0. The van der Waals surface area contributed by atoms with Crippen LogP contribution < -0.4 is 0 Å². The van der Waals surface area contributed by atoms with Crippen LogP contribution in [-0.2, 0) is 28.6 Å². The first kappa shape index (κ1) is 52.6. The van der Waals surface area contributed by atoms with Crippen LogP contribution in [0.15, 0.2) is 36.5 Å². The van der Waals surface area contributed by atoms with Crippen LogP contribution in [0.5, 0.6) is 0 Å². The van der Waals surface area contributed by atoms with E-state index in [-0.39, 0.29) is 37.5 Å². The lowest BCUT2D eigenvalue weighted by atomic mass is 10.0. The molecule has 6 nitrogen and oxygen atoms in total. The third-order valence-corrected chi connectivity index (χ3v) is 10.2. The molecule has 0 aromatic carbocycles. The number of unbranched alkanes of at least 4 members (excludes halogenated alkanes) is 25. The largest absolute Gasteiger partial charge is 0.462 e. The number of carbonyl (C=O) groups excluding carboxylic acids is 3. The van der Waals surface area contributed by atoms with E-state index >= 15 is 0 Å². The second kappa shape index (κ2) is 44.3. The van der Waals surface area contributed by atoms with Crippen LogP contribution in [-0.4, -0.2) is 37.2 Å². The van der Waals surface area contributed by atoms with Gasteiger partial charge in [0, 0.05) is 19.3 Å². The van der Waals surface area contributed by atoms with Gasteiger partial charge in [-0.3, -0.25) is 14.4 Å². The highest BCUT2D eigenvalue weighted by Gasteiger charge is 2.19. The van der Waals surface area contributed by atoms with Crippen LogP contribution in [0.4, 0.5) is 0 Å². The van der Waals surface area contributed by atoms with Crippen molar-refractivity contribution in [2.45, 2.75) is 245 Å². The van der Waals surface area contributed by atoms with E-state index in [1.165, 1.54) is 128 Å². The van der Waals surface area contributed by atoms with Gasteiger partial charge in [-0.2, -0.15) is 0 Å². The molecule has 0 saturated carbocycles. The first-order valence-electron chi connectivity index (χ1n) is 23.5. The molecule has 55 heavy (non-hydrogen) atoms. The number of carbonyl (C=O) groups is 3. The summed E-state index contributed by atoms with van der Waals surface area (Å²) in [6, 6.07) is 0. The monoisotopic (exact) mass is 773 g/mol. The summed E-state index contributed by atoms with van der Waals surface area (Å²) in [5, 5.41) is 0. The van der Waals surface area contributed by atoms with Crippen LogP contribution in [0, 0.1) is 0 Å². The van der Waals surface area contributed by atoms with E-state index < -0.39 is 6.10 Å². The molecule has 1 unspecified atom stereocenters. The van der Waals surface area contributed by atoms with Crippen molar-refractivity contribution in [3.63, 3.8) is 0 Å². The SMILES string of the molecule is CC/C=C\C/C=C\C/C=C\CCCC(=O)OC(COC(=O)CCCCCCCCCCC)COC(=O)CCCCCCCCCCCCCCCCCCC. The van der Waals surface area contributed by atoms with Gasteiger partial charge in [-0.1, -0.05) is 211 Å². The van der Waals surface area contributed by atoms with Crippen molar-refractivity contribution in [1.29, 1.82) is 0 Å². The Kier molecular flexibility index (Phi) is 42.4.